The fraction of sp³-hybridized carbons (Fsp3) is 0.846. The minimum Gasteiger partial charge on any atom is -0.476 e. The van der Waals surface area contributed by atoms with Crippen LogP contribution in [0.4, 0.5) is 0 Å². The maximum absolute atomic E-state index is 11.8. The summed E-state index contributed by atoms with van der Waals surface area (Å²) in [5.41, 5.74) is 0.901. The van der Waals surface area contributed by atoms with E-state index in [0.29, 0.717) is 50.3 Å². The topological polar surface area (TPSA) is 92.2 Å². The number of nitrogens with zero attached hydrogens (tertiary/aromatic N) is 2. The van der Waals surface area contributed by atoms with Gasteiger partial charge in [-0.25, -0.2) is 9.97 Å². The molecule has 2 heterocycles. The third-order valence-corrected chi connectivity index (χ3v) is 5.91. The van der Waals surface area contributed by atoms with E-state index in [9.17, 15) is 5.11 Å². The lowest BCUT2D eigenvalue weighted by molar-refractivity contribution is -0.253. The van der Waals surface area contributed by atoms with Gasteiger partial charge in [0.1, 0.15) is 24.0 Å². The Bertz CT molecular complexity index is 691. The molecule has 1 fully saturated rings. The van der Waals surface area contributed by atoms with E-state index in [1.807, 2.05) is 6.92 Å². The molecule has 1 aromatic heterocycles. The molecule has 1 saturated heterocycles. The molecule has 0 radical (unpaired) electrons. The van der Waals surface area contributed by atoms with E-state index in [-0.39, 0.29) is 0 Å². The Morgan fingerprint density at radius 2 is 1.53 bits per heavy atom. The van der Waals surface area contributed by atoms with Gasteiger partial charge >= 0.3 is 0 Å². The second kappa shape index (κ2) is 15.6. The van der Waals surface area contributed by atoms with Gasteiger partial charge in [0, 0.05) is 19.8 Å². The molecule has 8 nitrogen and oxygen atoms in total. The summed E-state index contributed by atoms with van der Waals surface area (Å²) in [6.45, 7) is 12.9. The third-order valence-electron chi connectivity index (χ3n) is 5.91. The van der Waals surface area contributed by atoms with Crippen molar-refractivity contribution in [2.24, 2.45) is 0 Å². The first-order chi connectivity index (χ1) is 16.5. The quantitative estimate of drug-likeness (QED) is 0.301. The normalized spacial score (nSPS) is 24.6. The summed E-state index contributed by atoms with van der Waals surface area (Å²) < 4.78 is 30.3. The average molecular weight is 483 g/mol. The Balaban J connectivity index is 2.29. The van der Waals surface area contributed by atoms with Crippen molar-refractivity contribution in [1.82, 2.24) is 9.97 Å². The molecule has 1 aliphatic rings. The fourth-order valence-electron chi connectivity index (χ4n) is 3.78. The van der Waals surface area contributed by atoms with Gasteiger partial charge in [0.05, 0.1) is 25.1 Å². The first kappa shape index (κ1) is 28.9. The number of aryl methyl sites for hydroxylation is 1. The Morgan fingerprint density at radius 1 is 0.912 bits per heavy atom. The van der Waals surface area contributed by atoms with Crippen molar-refractivity contribution in [2.45, 2.75) is 110 Å². The van der Waals surface area contributed by atoms with Crippen molar-refractivity contribution in [3.8, 4) is 5.88 Å². The molecule has 0 aliphatic carbocycles. The van der Waals surface area contributed by atoms with Crippen molar-refractivity contribution >= 4 is 0 Å². The molecule has 196 valence electrons. The molecule has 2 unspecified atom stereocenters. The Morgan fingerprint density at radius 3 is 2.18 bits per heavy atom. The molecule has 4 atom stereocenters. The molecule has 8 heteroatoms. The first-order valence-electron chi connectivity index (χ1n) is 13.2. The van der Waals surface area contributed by atoms with Crippen molar-refractivity contribution in [2.75, 3.05) is 33.0 Å². The van der Waals surface area contributed by atoms with Crippen molar-refractivity contribution in [1.29, 1.82) is 0 Å². The molecule has 1 aliphatic heterocycles. The van der Waals surface area contributed by atoms with Crippen LogP contribution in [0.15, 0.2) is 6.20 Å². The van der Waals surface area contributed by atoms with Gasteiger partial charge in [-0.1, -0.05) is 53.4 Å². The van der Waals surface area contributed by atoms with Crippen LogP contribution >= 0.6 is 0 Å². The summed E-state index contributed by atoms with van der Waals surface area (Å²) in [5, 5.41) is 11.8. The van der Waals surface area contributed by atoms with E-state index in [2.05, 4.69) is 37.7 Å². The second-order valence-corrected chi connectivity index (χ2v) is 8.96. The summed E-state index contributed by atoms with van der Waals surface area (Å²) >= 11 is 0. The van der Waals surface area contributed by atoms with Crippen LogP contribution in [0.1, 0.15) is 90.4 Å². The summed E-state index contributed by atoms with van der Waals surface area (Å²) in [5.74, 6) is -1.32. The zero-order chi connectivity index (χ0) is 24.8. The van der Waals surface area contributed by atoms with Crippen LogP contribution in [-0.4, -0.2) is 66.4 Å². The van der Waals surface area contributed by atoms with Crippen LogP contribution in [0, 0.1) is 6.92 Å². The summed E-state index contributed by atoms with van der Waals surface area (Å²) in [6.07, 6.45) is 7.63. The number of aliphatic hydroxyl groups is 1. The van der Waals surface area contributed by atoms with Gasteiger partial charge in [0.2, 0.25) is 11.7 Å². The predicted molar refractivity (Wildman–Crippen MR) is 131 cm³/mol. The van der Waals surface area contributed by atoms with Gasteiger partial charge in [0.25, 0.3) is 0 Å². The maximum Gasteiger partial charge on any atom is 0.241 e. The van der Waals surface area contributed by atoms with Crippen molar-refractivity contribution in [3.63, 3.8) is 0 Å². The van der Waals surface area contributed by atoms with Gasteiger partial charge in [-0.15, -0.1) is 0 Å². The average Bonchev–Trinajstić information content (AvgIpc) is 3.10. The van der Waals surface area contributed by atoms with E-state index in [4.69, 9.17) is 23.7 Å². The minimum atomic E-state index is -1.79. The Kier molecular flexibility index (Phi) is 13.3. The highest BCUT2D eigenvalue weighted by Gasteiger charge is 2.58. The van der Waals surface area contributed by atoms with Gasteiger partial charge in [0.15, 0.2) is 0 Å². The van der Waals surface area contributed by atoms with Gasteiger partial charge in [-0.3, -0.25) is 0 Å². The molecule has 0 amide bonds. The molecule has 0 saturated carbocycles. The molecule has 1 aromatic rings. The van der Waals surface area contributed by atoms with Gasteiger partial charge < -0.3 is 28.8 Å². The summed E-state index contributed by atoms with van der Waals surface area (Å²) in [6, 6.07) is 0. The number of rotatable bonds is 18. The number of unbranched alkanes of at least 4 members (excludes halogenated alkanes) is 4. The zero-order valence-electron chi connectivity index (χ0n) is 21.9. The summed E-state index contributed by atoms with van der Waals surface area (Å²) in [4.78, 5) is 9.05. The van der Waals surface area contributed by atoms with Crippen LogP contribution in [0.3, 0.4) is 0 Å². The van der Waals surface area contributed by atoms with Crippen LogP contribution in [0.25, 0.3) is 0 Å². The highest BCUT2D eigenvalue weighted by molar-refractivity contribution is 5.22. The molecular formula is C26H46N2O6. The summed E-state index contributed by atoms with van der Waals surface area (Å²) in [7, 11) is 0. The molecule has 0 bridgehead atoms. The molecular weight excluding hydrogens is 436 g/mol. The van der Waals surface area contributed by atoms with E-state index in [1.165, 1.54) is 6.20 Å². The SMILES string of the molecule is CCCCOC[C@H]1OC(O)(c2cnc(OCCCC)c(C)n2)C(OCCCC)[C@H]1OCCCC. The largest absolute Gasteiger partial charge is 0.476 e. The highest BCUT2D eigenvalue weighted by atomic mass is 16.7. The van der Waals surface area contributed by atoms with Gasteiger partial charge in [-0.2, -0.15) is 0 Å². The number of hydrogen-bond donors (Lipinski definition) is 1. The lowest BCUT2D eigenvalue weighted by Gasteiger charge is -2.30. The predicted octanol–water partition coefficient (Wildman–Crippen LogP) is 4.70. The van der Waals surface area contributed by atoms with Crippen LogP contribution in [-0.2, 0) is 24.7 Å². The van der Waals surface area contributed by atoms with Crippen LogP contribution in [0.2, 0.25) is 0 Å². The monoisotopic (exact) mass is 482 g/mol. The van der Waals surface area contributed by atoms with E-state index in [0.717, 1.165) is 51.4 Å². The first-order valence-corrected chi connectivity index (χ1v) is 13.2. The van der Waals surface area contributed by atoms with Crippen LogP contribution < -0.4 is 4.74 Å². The van der Waals surface area contributed by atoms with E-state index < -0.39 is 24.1 Å². The minimum absolute atomic E-state index is 0.300. The molecule has 0 spiro atoms. The van der Waals surface area contributed by atoms with Crippen molar-refractivity contribution < 1.29 is 28.8 Å². The Hall–Kier alpha value is -1.32. The van der Waals surface area contributed by atoms with E-state index in [1.54, 1.807) is 0 Å². The van der Waals surface area contributed by atoms with E-state index >= 15 is 0 Å². The number of hydrogen-bond acceptors (Lipinski definition) is 8. The molecule has 2 rings (SSSR count). The van der Waals surface area contributed by atoms with Gasteiger partial charge in [-0.05, 0) is 32.6 Å². The molecule has 34 heavy (non-hydrogen) atoms. The highest BCUT2D eigenvalue weighted by Crippen LogP contribution is 2.41. The fourth-order valence-corrected chi connectivity index (χ4v) is 3.78. The lowest BCUT2D eigenvalue weighted by atomic mass is 10.0. The Labute approximate surface area is 205 Å². The lowest BCUT2D eigenvalue weighted by Crippen LogP contribution is -2.45. The molecule has 0 aromatic carbocycles. The second-order valence-electron chi connectivity index (χ2n) is 8.96. The van der Waals surface area contributed by atoms with Crippen LogP contribution in [0.5, 0.6) is 5.88 Å². The van der Waals surface area contributed by atoms with Crippen molar-refractivity contribution in [3.05, 3.63) is 17.6 Å². The number of aromatic nitrogens is 2. The zero-order valence-corrected chi connectivity index (χ0v) is 21.9. The third kappa shape index (κ3) is 8.12. The number of ether oxygens (including phenoxy) is 5. The smallest absolute Gasteiger partial charge is 0.241 e. The molecule has 1 N–H and O–H groups in total. The standard InChI is InChI=1S/C26H46N2O6/c1-6-10-14-30-19-21-23(31-15-11-7-2)24(32-16-12-8-3)26(29,34-21)22-18-27-25(20(5)28-22)33-17-13-9-4/h18,21,23-24,29H,6-17,19H2,1-5H3/t21-,23+,24?,26?/m1/s1. The maximum atomic E-state index is 11.8.